The number of aromatic nitrogens is 6. The fourth-order valence-electron chi connectivity index (χ4n) is 3.96. The lowest BCUT2D eigenvalue weighted by Crippen LogP contribution is -2.33. The van der Waals surface area contributed by atoms with Crippen molar-refractivity contribution in [3.05, 3.63) is 70.2 Å². The first-order valence-corrected chi connectivity index (χ1v) is 9.48. The Morgan fingerprint density at radius 1 is 1.09 bits per heavy atom. The number of nitriles is 1. The number of aryl methyl sites for hydroxylation is 3. The normalized spacial score (nSPS) is 13.8. The van der Waals surface area contributed by atoms with Crippen molar-refractivity contribution in [2.75, 3.05) is 0 Å². The number of hydrogen-bond acceptors (Lipinski definition) is 6. The molecule has 0 aliphatic rings. The first kappa shape index (κ1) is 21.5. The third-order valence-corrected chi connectivity index (χ3v) is 5.66. The fraction of sp³-hybridized carbons (Fsp3) is 0.286. The summed E-state index contributed by atoms with van der Waals surface area (Å²) in [6.45, 7) is 2.97. The van der Waals surface area contributed by atoms with E-state index in [4.69, 9.17) is 0 Å². The predicted octanol–water partition coefficient (Wildman–Crippen LogP) is 2.89. The topological polar surface area (TPSA) is 105 Å². The summed E-state index contributed by atoms with van der Waals surface area (Å²) in [5, 5.41) is 29.3. The molecule has 1 aromatic carbocycles. The summed E-state index contributed by atoms with van der Waals surface area (Å²) < 4.78 is 44.1. The maximum atomic E-state index is 13.7. The zero-order chi connectivity index (χ0) is 23.4. The maximum Gasteiger partial charge on any atom is 0.419 e. The maximum absolute atomic E-state index is 13.7. The van der Waals surface area contributed by atoms with Crippen LogP contribution in [0.3, 0.4) is 0 Å². The van der Waals surface area contributed by atoms with Gasteiger partial charge in [0.1, 0.15) is 17.6 Å². The van der Waals surface area contributed by atoms with Crippen LogP contribution in [0.25, 0.3) is 10.9 Å². The predicted molar refractivity (Wildman–Crippen MR) is 107 cm³/mol. The van der Waals surface area contributed by atoms with E-state index in [1.165, 1.54) is 36.1 Å². The molecule has 0 spiro atoms. The quantitative estimate of drug-likeness (QED) is 0.524. The molecule has 32 heavy (non-hydrogen) atoms. The van der Waals surface area contributed by atoms with Crippen molar-refractivity contribution in [3.8, 4) is 6.07 Å². The van der Waals surface area contributed by atoms with Crippen molar-refractivity contribution in [2.45, 2.75) is 25.6 Å². The van der Waals surface area contributed by atoms with Gasteiger partial charge in [0.15, 0.2) is 5.60 Å². The number of nitrogens with zero attached hydrogens (tertiary/aromatic N) is 7. The SMILES string of the molecule is Cc1nc2ccc(C(O)(c3cnnn3C)c3cnc(C)n3C)cc2c(C#N)c1C(F)(F)F. The molecule has 4 rings (SSSR count). The second-order valence-electron chi connectivity index (χ2n) is 7.49. The molecule has 0 saturated carbocycles. The van der Waals surface area contributed by atoms with Crippen LogP contribution in [0.15, 0.2) is 30.6 Å². The van der Waals surface area contributed by atoms with Gasteiger partial charge in [-0.25, -0.2) is 9.67 Å². The molecule has 0 amide bonds. The first-order chi connectivity index (χ1) is 15.0. The minimum absolute atomic E-state index is 0.0182. The van der Waals surface area contributed by atoms with Crippen LogP contribution < -0.4 is 0 Å². The largest absolute Gasteiger partial charge is 0.419 e. The Balaban J connectivity index is 2.10. The van der Waals surface area contributed by atoms with E-state index in [0.29, 0.717) is 11.5 Å². The second kappa shape index (κ2) is 7.13. The molecule has 8 nitrogen and oxygen atoms in total. The van der Waals surface area contributed by atoms with Gasteiger partial charge in [0.2, 0.25) is 0 Å². The van der Waals surface area contributed by atoms with Gasteiger partial charge in [0.25, 0.3) is 0 Å². The minimum atomic E-state index is -4.76. The van der Waals surface area contributed by atoms with E-state index >= 15 is 0 Å². The summed E-state index contributed by atoms with van der Waals surface area (Å²) in [5.41, 5.74) is -2.73. The van der Waals surface area contributed by atoms with E-state index in [1.807, 2.05) is 0 Å². The summed E-state index contributed by atoms with van der Waals surface area (Å²) >= 11 is 0. The zero-order valence-corrected chi connectivity index (χ0v) is 17.6. The molecule has 164 valence electrons. The van der Waals surface area contributed by atoms with Crippen LogP contribution in [0, 0.1) is 25.2 Å². The van der Waals surface area contributed by atoms with Crippen molar-refractivity contribution in [3.63, 3.8) is 0 Å². The van der Waals surface area contributed by atoms with E-state index in [-0.39, 0.29) is 27.9 Å². The van der Waals surface area contributed by atoms with Crippen LogP contribution in [0.1, 0.15) is 39.6 Å². The Bertz CT molecular complexity index is 1400. The van der Waals surface area contributed by atoms with Gasteiger partial charge in [-0.3, -0.25) is 4.98 Å². The highest BCUT2D eigenvalue weighted by Gasteiger charge is 2.41. The van der Waals surface area contributed by atoms with E-state index in [2.05, 4.69) is 20.3 Å². The van der Waals surface area contributed by atoms with Gasteiger partial charge in [-0.05, 0) is 31.5 Å². The summed E-state index contributed by atoms with van der Waals surface area (Å²) in [7, 11) is 3.30. The highest BCUT2D eigenvalue weighted by Crippen LogP contribution is 2.40. The highest BCUT2D eigenvalue weighted by molar-refractivity contribution is 5.87. The lowest BCUT2D eigenvalue weighted by atomic mass is 9.85. The Labute approximate surface area is 180 Å². The number of aliphatic hydroxyl groups is 1. The van der Waals surface area contributed by atoms with Gasteiger partial charge in [-0.1, -0.05) is 11.3 Å². The van der Waals surface area contributed by atoms with Crippen LogP contribution in [-0.2, 0) is 25.9 Å². The van der Waals surface area contributed by atoms with Gasteiger partial charge in [-0.15, -0.1) is 5.10 Å². The molecule has 11 heteroatoms. The van der Waals surface area contributed by atoms with E-state index in [0.717, 1.165) is 0 Å². The van der Waals surface area contributed by atoms with Crippen molar-refractivity contribution in [2.24, 2.45) is 14.1 Å². The molecular formula is C21H18F3N7O. The Morgan fingerprint density at radius 3 is 2.34 bits per heavy atom. The van der Waals surface area contributed by atoms with Gasteiger partial charge in [0.05, 0.1) is 40.4 Å². The van der Waals surface area contributed by atoms with Gasteiger partial charge >= 0.3 is 6.18 Å². The number of fused-ring (bicyclic) bond motifs is 1. The Hall–Kier alpha value is -3.78. The molecule has 0 saturated heterocycles. The summed E-state index contributed by atoms with van der Waals surface area (Å²) in [5.74, 6) is 0.615. The zero-order valence-electron chi connectivity index (χ0n) is 17.6. The third-order valence-electron chi connectivity index (χ3n) is 5.66. The lowest BCUT2D eigenvalue weighted by molar-refractivity contribution is -0.138. The molecule has 1 unspecified atom stereocenters. The number of pyridine rings is 1. The fourth-order valence-corrected chi connectivity index (χ4v) is 3.96. The smallest absolute Gasteiger partial charge is 0.373 e. The van der Waals surface area contributed by atoms with Crippen LogP contribution in [-0.4, -0.2) is 34.6 Å². The second-order valence-corrected chi connectivity index (χ2v) is 7.49. The van der Waals surface area contributed by atoms with Gasteiger partial charge in [-0.2, -0.15) is 18.4 Å². The number of rotatable bonds is 3. The van der Waals surface area contributed by atoms with Crippen molar-refractivity contribution in [1.29, 1.82) is 5.26 Å². The summed E-state index contributed by atoms with van der Waals surface area (Å²) in [4.78, 5) is 8.29. The summed E-state index contributed by atoms with van der Waals surface area (Å²) in [6, 6.07) is 6.07. The molecule has 0 aliphatic carbocycles. The average molecular weight is 441 g/mol. The van der Waals surface area contributed by atoms with Crippen LogP contribution in [0.4, 0.5) is 13.2 Å². The standard InChI is InChI=1S/C21H18F3N7O/c1-11-19(21(22,23)24)15(8-25)14-7-13(5-6-16(14)28-11)20(32,18-10-27-29-31(18)4)17-9-26-12(2)30(17)3/h5-7,9-10,32H,1-4H3. The average Bonchev–Trinajstić information content (AvgIpc) is 3.31. The molecule has 3 heterocycles. The van der Waals surface area contributed by atoms with Crippen molar-refractivity contribution >= 4 is 10.9 Å². The number of alkyl halides is 3. The molecule has 0 radical (unpaired) electrons. The van der Waals surface area contributed by atoms with E-state index in [9.17, 15) is 23.5 Å². The van der Waals surface area contributed by atoms with Crippen LogP contribution >= 0.6 is 0 Å². The Morgan fingerprint density at radius 2 is 1.81 bits per heavy atom. The van der Waals surface area contributed by atoms with Gasteiger partial charge in [0, 0.05) is 19.5 Å². The first-order valence-electron chi connectivity index (χ1n) is 9.48. The van der Waals surface area contributed by atoms with Crippen molar-refractivity contribution < 1.29 is 18.3 Å². The molecular weight excluding hydrogens is 423 g/mol. The van der Waals surface area contributed by atoms with Crippen molar-refractivity contribution in [1.82, 2.24) is 29.5 Å². The Kier molecular flexibility index (Phi) is 4.78. The number of imidazole rings is 1. The number of hydrogen-bond donors (Lipinski definition) is 1. The van der Waals surface area contributed by atoms with Crippen LogP contribution in [0.5, 0.6) is 0 Å². The minimum Gasteiger partial charge on any atom is -0.373 e. The lowest BCUT2D eigenvalue weighted by Gasteiger charge is -2.29. The molecule has 0 aliphatic heterocycles. The molecule has 1 atom stereocenters. The summed E-state index contributed by atoms with van der Waals surface area (Å²) in [6.07, 6.45) is -1.91. The van der Waals surface area contributed by atoms with E-state index in [1.54, 1.807) is 37.7 Å². The molecule has 3 aromatic heterocycles. The highest BCUT2D eigenvalue weighted by atomic mass is 19.4. The number of benzene rings is 1. The third kappa shape index (κ3) is 3.03. The number of halogens is 3. The van der Waals surface area contributed by atoms with E-state index < -0.39 is 22.9 Å². The molecule has 4 aromatic rings. The van der Waals surface area contributed by atoms with Gasteiger partial charge < -0.3 is 9.67 Å². The molecule has 0 bridgehead atoms. The van der Waals surface area contributed by atoms with Crippen LogP contribution in [0.2, 0.25) is 0 Å². The monoisotopic (exact) mass is 441 g/mol. The molecule has 0 fully saturated rings. The molecule has 1 N–H and O–H groups in total.